The van der Waals surface area contributed by atoms with Gasteiger partial charge in [0.2, 0.25) is 0 Å². The lowest BCUT2D eigenvalue weighted by molar-refractivity contribution is -0.142. The average molecular weight is 393 g/mol. The van der Waals surface area contributed by atoms with E-state index in [2.05, 4.69) is 27.7 Å². The van der Waals surface area contributed by atoms with Crippen molar-refractivity contribution in [2.75, 3.05) is 11.5 Å². The van der Waals surface area contributed by atoms with Gasteiger partial charge in [-0.15, -0.1) is 0 Å². The molecule has 152 valence electrons. The van der Waals surface area contributed by atoms with Crippen LogP contribution in [-0.4, -0.2) is 24.4 Å². The Morgan fingerprint density at radius 3 is 2.07 bits per heavy atom. The molecular formula is C24H27NO4. The van der Waals surface area contributed by atoms with Crippen molar-refractivity contribution in [3.05, 3.63) is 64.2 Å². The molecule has 0 radical (unpaired) electrons. The van der Waals surface area contributed by atoms with Gasteiger partial charge in [0, 0.05) is 0 Å². The largest absolute Gasteiger partial charge is 0.466 e. The number of ether oxygens (including phenoxy) is 1. The van der Waals surface area contributed by atoms with Crippen molar-refractivity contribution < 1.29 is 19.1 Å². The molecule has 1 aliphatic rings. The van der Waals surface area contributed by atoms with Gasteiger partial charge in [0.15, 0.2) is 0 Å². The third kappa shape index (κ3) is 3.82. The lowest BCUT2D eigenvalue weighted by atomic mass is 9.92. The van der Waals surface area contributed by atoms with Gasteiger partial charge >= 0.3 is 5.97 Å². The Kier molecular flexibility index (Phi) is 5.87. The monoisotopic (exact) mass is 393 g/mol. The van der Waals surface area contributed by atoms with Gasteiger partial charge in [0.05, 0.1) is 29.8 Å². The predicted octanol–water partition coefficient (Wildman–Crippen LogP) is 4.84. The molecule has 1 aliphatic heterocycles. The van der Waals surface area contributed by atoms with E-state index >= 15 is 0 Å². The van der Waals surface area contributed by atoms with E-state index in [1.807, 2.05) is 18.2 Å². The van der Waals surface area contributed by atoms with Crippen molar-refractivity contribution in [2.24, 2.45) is 0 Å². The smallest absolute Gasteiger partial charge is 0.310 e. The van der Waals surface area contributed by atoms with Crippen LogP contribution in [0.25, 0.3) is 0 Å². The van der Waals surface area contributed by atoms with E-state index in [0.29, 0.717) is 29.0 Å². The number of anilines is 1. The van der Waals surface area contributed by atoms with Crippen LogP contribution in [-0.2, 0) is 16.0 Å². The minimum Gasteiger partial charge on any atom is -0.466 e. The van der Waals surface area contributed by atoms with Crippen molar-refractivity contribution in [1.29, 1.82) is 0 Å². The van der Waals surface area contributed by atoms with Gasteiger partial charge in [-0.1, -0.05) is 52.0 Å². The highest BCUT2D eigenvalue weighted by Crippen LogP contribution is 2.39. The summed E-state index contributed by atoms with van der Waals surface area (Å²) >= 11 is 0. The van der Waals surface area contributed by atoms with Crippen LogP contribution in [0.1, 0.15) is 83.9 Å². The number of rotatable bonds is 6. The molecule has 0 aliphatic carbocycles. The fraction of sp³-hybridized carbons (Fsp3) is 0.375. The number of amides is 2. The first-order valence-corrected chi connectivity index (χ1v) is 10.1. The maximum Gasteiger partial charge on any atom is 0.310 e. The van der Waals surface area contributed by atoms with Crippen LogP contribution in [0.2, 0.25) is 0 Å². The van der Waals surface area contributed by atoms with Crippen LogP contribution in [0, 0.1) is 0 Å². The summed E-state index contributed by atoms with van der Waals surface area (Å²) in [4.78, 5) is 39.6. The summed E-state index contributed by atoms with van der Waals surface area (Å²) in [6, 6.07) is 10.9. The maximum atomic E-state index is 13.3. The zero-order chi connectivity index (χ0) is 21.3. The van der Waals surface area contributed by atoms with Crippen LogP contribution in [0.5, 0.6) is 0 Å². The Morgan fingerprint density at radius 1 is 0.931 bits per heavy atom. The van der Waals surface area contributed by atoms with Crippen molar-refractivity contribution in [1.82, 2.24) is 0 Å². The molecular weight excluding hydrogens is 366 g/mol. The van der Waals surface area contributed by atoms with Crippen LogP contribution in [0.3, 0.4) is 0 Å². The average Bonchev–Trinajstić information content (AvgIpc) is 2.91. The first-order chi connectivity index (χ1) is 13.8. The lowest BCUT2D eigenvalue weighted by Gasteiger charge is -2.25. The molecule has 0 fully saturated rings. The number of hydrogen-bond acceptors (Lipinski definition) is 4. The molecule has 5 nitrogen and oxygen atoms in total. The minimum absolute atomic E-state index is 0.0718. The molecule has 0 bridgehead atoms. The normalized spacial score (nSPS) is 13.4. The second-order valence-electron chi connectivity index (χ2n) is 7.90. The van der Waals surface area contributed by atoms with E-state index in [1.54, 1.807) is 25.1 Å². The fourth-order valence-electron chi connectivity index (χ4n) is 3.75. The van der Waals surface area contributed by atoms with Crippen LogP contribution in [0.15, 0.2) is 36.4 Å². The molecule has 0 atom stereocenters. The number of carbonyl (C=O) groups is 3. The SMILES string of the molecule is CCOC(=O)Cc1ccc2c(c1)C(=O)N(c1c(C(C)C)cccc1C(C)C)C2=O. The number of carbonyl (C=O) groups excluding carboxylic acids is 3. The first kappa shape index (κ1) is 20.8. The first-order valence-electron chi connectivity index (χ1n) is 10.1. The number of para-hydroxylation sites is 1. The highest BCUT2D eigenvalue weighted by Gasteiger charge is 2.39. The second-order valence-corrected chi connectivity index (χ2v) is 7.90. The molecule has 0 N–H and O–H groups in total. The zero-order valence-electron chi connectivity index (χ0n) is 17.6. The molecule has 0 spiro atoms. The molecule has 3 rings (SSSR count). The number of fused-ring (bicyclic) bond motifs is 1. The fourth-order valence-corrected chi connectivity index (χ4v) is 3.75. The second kappa shape index (κ2) is 8.19. The quantitative estimate of drug-likeness (QED) is 0.520. The molecule has 2 aromatic carbocycles. The molecule has 0 unspecified atom stereocenters. The van der Waals surface area contributed by atoms with E-state index in [0.717, 1.165) is 11.1 Å². The summed E-state index contributed by atoms with van der Waals surface area (Å²) in [5, 5.41) is 0. The van der Waals surface area contributed by atoms with Crippen LogP contribution < -0.4 is 4.90 Å². The van der Waals surface area contributed by atoms with Crippen LogP contribution in [0.4, 0.5) is 5.69 Å². The Morgan fingerprint density at radius 2 is 1.52 bits per heavy atom. The summed E-state index contributed by atoms with van der Waals surface area (Å²) in [5.74, 6) is -0.693. The van der Waals surface area contributed by atoms with Gasteiger partial charge in [0.1, 0.15) is 0 Å². The third-order valence-corrected chi connectivity index (χ3v) is 5.17. The van der Waals surface area contributed by atoms with Gasteiger partial charge in [0.25, 0.3) is 11.8 Å². The van der Waals surface area contributed by atoms with Gasteiger partial charge in [-0.3, -0.25) is 14.4 Å². The van der Waals surface area contributed by atoms with Gasteiger partial charge in [-0.25, -0.2) is 4.90 Å². The van der Waals surface area contributed by atoms with E-state index in [1.165, 1.54) is 4.90 Å². The van der Waals surface area contributed by atoms with E-state index < -0.39 is 0 Å². The molecule has 2 amide bonds. The van der Waals surface area contributed by atoms with E-state index in [9.17, 15) is 14.4 Å². The molecule has 0 saturated heterocycles. The van der Waals surface area contributed by atoms with Crippen molar-refractivity contribution in [3.8, 4) is 0 Å². The Labute approximate surface area is 171 Å². The molecule has 5 heteroatoms. The summed E-state index contributed by atoms with van der Waals surface area (Å²) < 4.78 is 4.99. The predicted molar refractivity (Wildman–Crippen MR) is 113 cm³/mol. The van der Waals surface area contributed by atoms with Crippen molar-refractivity contribution >= 4 is 23.5 Å². The molecule has 1 heterocycles. The molecule has 29 heavy (non-hydrogen) atoms. The molecule has 2 aromatic rings. The maximum absolute atomic E-state index is 13.3. The lowest BCUT2D eigenvalue weighted by Crippen LogP contribution is -2.31. The van der Waals surface area contributed by atoms with Crippen molar-refractivity contribution in [2.45, 2.75) is 52.9 Å². The third-order valence-electron chi connectivity index (χ3n) is 5.17. The summed E-state index contributed by atoms with van der Waals surface area (Å²) in [6.07, 6.45) is 0.0718. The minimum atomic E-state index is -0.353. The van der Waals surface area contributed by atoms with Gasteiger partial charge in [-0.05, 0) is 47.6 Å². The number of esters is 1. The van der Waals surface area contributed by atoms with E-state index in [-0.39, 0.29) is 36.0 Å². The molecule has 0 aromatic heterocycles. The number of hydrogen-bond donors (Lipinski definition) is 0. The van der Waals surface area contributed by atoms with Crippen LogP contribution >= 0.6 is 0 Å². The summed E-state index contributed by atoms with van der Waals surface area (Å²) in [5.41, 5.74) is 4.00. The number of imide groups is 1. The highest BCUT2D eigenvalue weighted by atomic mass is 16.5. The van der Waals surface area contributed by atoms with Gasteiger partial charge < -0.3 is 4.74 Å². The Hall–Kier alpha value is -2.95. The summed E-state index contributed by atoms with van der Waals surface area (Å²) in [6.45, 7) is 10.3. The Balaban J connectivity index is 2.07. The van der Waals surface area contributed by atoms with E-state index in [4.69, 9.17) is 4.74 Å². The highest BCUT2D eigenvalue weighted by molar-refractivity contribution is 6.35. The number of benzene rings is 2. The molecule has 0 saturated carbocycles. The zero-order valence-corrected chi connectivity index (χ0v) is 17.6. The number of nitrogens with zero attached hydrogens (tertiary/aromatic N) is 1. The summed E-state index contributed by atoms with van der Waals surface area (Å²) in [7, 11) is 0. The standard InChI is InChI=1S/C24H27NO4/c1-6-29-21(26)13-16-10-11-19-20(12-16)24(28)25(23(19)27)22-17(14(2)3)8-7-9-18(22)15(4)5/h7-12,14-15H,6,13H2,1-5H3. The van der Waals surface area contributed by atoms with Crippen molar-refractivity contribution in [3.63, 3.8) is 0 Å². The Bertz CT molecular complexity index is 949. The topological polar surface area (TPSA) is 63.7 Å². The van der Waals surface area contributed by atoms with Gasteiger partial charge in [-0.2, -0.15) is 0 Å².